The lowest BCUT2D eigenvalue weighted by Gasteiger charge is -2.07. The monoisotopic (exact) mass is 398 g/mol. The highest BCUT2D eigenvalue weighted by Gasteiger charge is 2.41. The van der Waals surface area contributed by atoms with Crippen LogP contribution in [0.1, 0.15) is 15.9 Å². The van der Waals surface area contributed by atoms with Crippen molar-refractivity contribution in [2.75, 3.05) is 0 Å². The van der Waals surface area contributed by atoms with E-state index in [1.54, 1.807) is 0 Å². The summed E-state index contributed by atoms with van der Waals surface area (Å²) in [7, 11) is 0. The molecule has 0 saturated carbocycles. The molecule has 0 N–H and O–H groups in total. The fraction of sp³-hybridized carbons (Fsp3) is 0.133. The standard InChI is InChI=1S/C15H9Br2ClO/c16-15(17)8-11-6-10(4-5-13(11)14(15)19)9-2-1-3-12(18)7-9/h1-7H,8H2. The molecule has 96 valence electrons. The third-order valence-corrected chi connectivity index (χ3v) is 4.77. The lowest BCUT2D eigenvalue weighted by atomic mass is 10.0. The SMILES string of the molecule is O=C1c2ccc(-c3cccc(Cl)c3)cc2CC1(Br)Br. The van der Waals surface area contributed by atoms with Crippen LogP contribution in [0.4, 0.5) is 0 Å². The van der Waals surface area contributed by atoms with Gasteiger partial charge in [-0.3, -0.25) is 4.79 Å². The summed E-state index contributed by atoms with van der Waals surface area (Å²) in [5, 5.41) is 0.712. The zero-order valence-electron chi connectivity index (χ0n) is 9.79. The highest BCUT2D eigenvalue weighted by molar-refractivity contribution is 9.26. The van der Waals surface area contributed by atoms with Gasteiger partial charge in [0.05, 0.1) is 0 Å². The van der Waals surface area contributed by atoms with Gasteiger partial charge in [-0.2, -0.15) is 0 Å². The van der Waals surface area contributed by atoms with Crippen LogP contribution in [0, 0.1) is 0 Å². The van der Waals surface area contributed by atoms with E-state index in [2.05, 4.69) is 37.9 Å². The highest BCUT2D eigenvalue weighted by Crippen LogP contribution is 2.42. The summed E-state index contributed by atoms with van der Waals surface area (Å²) in [6, 6.07) is 13.6. The Labute approximate surface area is 133 Å². The summed E-state index contributed by atoms with van der Waals surface area (Å²) in [6.07, 6.45) is 0.648. The molecule has 3 rings (SSSR count). The predicted octanol–water partition coefficient (Wildman–Crippen LogP) is 5.23. The summed E-state index contributed by atoms with van der Waals surface area (Å²) in [4.78, 5) is 12.1. The third-order valence-electron chi connectivity index (χ3n) is 3.25. The summed E-state index contributed by atoms with van der Waals surface area (Å²) in [5.41, 5.74) is 3.96. The lowest BCUT2D eigenvalue weighted by molar-refractivity contribution is 0.0994. The van der Waals surface area contributed by atoms with Crippen LogP contribution in [0.5, 0.6) is 0 Å². The molecule has 0 fully saturated rings. The van der Waals surface area contributed by atoms with Gasteiger partial charge >= 0.3 is 0 Å². The Morgan fingerprint density at radius 3 is 2.53 bits per heavy atom. The molecule has 4 heteroatoms. The molecule has 2 aromatic carbocycles. The van der Waals surface area contributed by atoms with Crippen LogP contribution in [0.3, 0.4) is 0 Å². The first-order valence-corrected chi connectivity index (χ1v) is 7.75. The zero-order valence-corrected chi connectivity index (χ0v) is 13.7. The van der Waals surface area contributed by atoms with Crippen molar-refractivity contribution in [3.63, 3.8) is 0 Å². The van der Waals surface area contributed by atoms with Crippen molar-refractivity contribution in [2.45, 2.75) is 9.65 Å². The van der Waals surface area contributed by atoms with Crippen molar-refractivity contribution < 1.29 is 4.79 Å². The van der Waals surface area contributed by atoms with Crippen LogP contribution in [-0.2, 0) is 6.42 Å². The van der Waals surface area contributed by atoms with Gasteiger partial charge in [-0.1, -0.05) is 73.8 Å². The van der Waals surface area contributed by atoms with Gasteiger partial charge in [0.25, 0.3) is 0 Å². The van der Waals surface area contributed by atoms with Crippen molar-refractivity contribution in [3.05, 3.63) is 58.6 Å². The molecule has 0 bridgehead atoms. The van der Waals surface area contributed by atoms with Gasteiger partial charge in [0.15, 0.2) is 5.78 Å². The Balaban J connectivity index is 2.08. The number of alkyl halides is 2. The van der Waals surface area contributed by atoms with E-state index in [4.69, 9.17) is 11.6 Å². The van der Waals surface area contributed by atoms with Crippen molar-refractivity contribution >= 4 is 49.2 Å². The van der Waals surface area contributed by atoms with E-state index in [1.807, 2.05) is 36.4 Å². The minimum atomic E-state index is -0.644. The maximum atomic E-state index is 12.1. The number of benzene rings is 2. The molecule has 0 atom stereocenters. The number of carbonyl (C=O) groups excluding carboxylic acids is 1. The van der Waals surface area contributed by atoms with Crippen LogP contribution in [-0.4, -0.2) is 9.02 Å². The molecule has 0 unspecified atom stereocenters. The molecule has 0 heterocycles. The summed E-state index contributed by atoms with van der Waals surface area (Å²) >= 11 is 12.9. The molecule has 0 aromatic heterocycles. The minimum absolute atomic E-state index is 0.0835. The number of rotatable bonds is 1. The van der Waals surface area contributed by atoms with Crippen LogP contribution in [0.2, 0.25) is 5.02 Å². The predicted molar refractivity (Wildman–Crippen MR) is 85.5 cm³/mol. The van der Waals surface area contributed by atoms with E-state index in [0.29, 0.717) is 11.4 Å². The number of fused-ring (bicyclic) bond motifs is 1. The van der Waals surface area contributed by atoms with Gasteiger partial charge in [0.2, 0.25) is 0 Å². The fourth-order valence-electron chi connectivity index (χ4n) is 2.33. The van der Waals surface area contributed by atoms with Crippen molar-refractivity contribution in [2.24, 2.45) is 0 Å². The van der Waals surface area contributed by atoms with Gasteiger partial charge in [0.1, 0.15) is 3.23 Å². The normalized spacial score (nSPS) is 16.5. The second kappa shape index (κ2) is 4.72. The molecule has 19 heavy (non-hydrogen) atoms. The van der Waals surface area contributed by atoms with Gasteiger partial charge in [-0.05, 0) is 28.8 Å². The molecular formula is C15H9Br2ClO. The summed E-state index contributed by atoms with van der Waals surface area (Å²) in [5.74, 6) is 0.0835. The van der Waals surface area contributed by atoms with E-state index in [1.165, 1.54) is 0 Å². The largest absolute Gasteiger partial charge is 0.292 e. The van der Waals surface area contributed by atoms with Crippen molar-refractivity contribution in [1.29, 1.82) is 0 Å². The second-order valence-electron chi connectivity index (χ2n) is 4.59. The molecule has 1 nitrogen and oxygen atoms in total. The molecule has 0 spiro atoms. The Hall–Kier alpha value is -0.640. The van der Waals surface area contributed by atoms with Crippen molar-refractivity contribution in [1.82, 2.24) is 0 Å². The van der Waals surface area contributed by atoms with Gasteiger partial charge < -0.3 is 0 Å². The molecule has 0 amide bonds. The second-order valence-corrected chi connectivity index (χ2v) is 8.80. The molecular weight excluding hydrogens is 391 g/mol. The number of hydrogen-bond acceptors (Lipinski definition) is 1. The van der Waals surface area contributed by atoms with E-state index in [9.17, 15) is 4.79 Å². The van der Waals surface area contributed by atoms with E-state index < -0.39 is 3.23 Å². The smallest absolute Gasteiger partial charge is 0.190 e. The highest BCUT2D eigenvalue weighted by atomic mass is 79.9. The first-order chi connectivity index (χ1) is 8.97. The number of hydrogen-bond donors (Lipinski definition) is 0. The molecule has 0 aliphatic heterocycles. The molecule has 0 radical (unpaired) electrons. The van der Waals surface area contributed by atoms with E-state index >= 15 is 0 Å². The van der Waals surface area contributed by atoms with Gasteiger partial charge in [-0.25, -0.2) is 0 Å². The topological polar surface area (TPSA) is 17.1 Å². The third kappa shape index (κ3) is 2.39. The molecule has 1 aliphatic rings. The van der Waals surface area contributed by atoms with E-state index in [-0.39, 0.29) is 5.78 Å². The first kappa shape index (κ1) is 13.3. The number of Topliss-reactive ketones (excluding diaryl/α,β-unsaturated/α-hetero) is 1. The van der Waals surface area contributed by atoms with Gasteiger partial charge in [-0.15, -0.1) is 0 Å². The van der Waals surface area contributed by atoms with Crippen LogP contribution < -0.4 is 0 Å². The summed E-state index contributed by atoms with van der Waals surface area (Å²) in [6.45, 7) is 0. The van der Waals surface area contributed by atoms with Crippen LogP contribution in [0.25, 0.3) is 11.1 Å². The quantitative estimate of drug-likeness (QED) is 0.599. The Kier molecular flexibility index (Phi) is 3.32. The zero-order chi connectivity index (χ0) is 13.6. The number of ketones is 1. The molecule has 1 aliphatic carbocycles. The maximum Gasteiger partial charge on any atom is 0.190 e. The molecule has 0 saturated heterocycles. The number of halogens is 3. The van der Waals surface area contributed by atoms with E-state index in [0.717, 1.165) is 22.3 Å². The Morgan fingerprint density at radius 2 is 1.79 bits per heavy atom. The van der Waals surface area contributed by atoms with Crippen molar-refractivity contribution in [3.8, 4) is 11.1 Å². The minimum Gasteiger partial charge on any atom is -0.292 e. The van der Waals surface area contributed by atoms with Crippen LogP contribution in [0.15, 0.2) is 42.5 Å². The molecule has 2 aromatic rings. The summed E-state index contributed by atoms with van der Waals surface area (Å²) < 4.78 is -0.644. The fourth-order valence-corrected chi connectivity index (χ4v) is 3.55. The number of carbonyl (C=O) groups is 1. The average Bonchev–Trinajstić information content (AvgIpc) is 2.59. The van der Waals surface area contributed by atoms with Crippen LogP contribution >= 0.6 is 43.5 Å². The van der Waals surface area contributed by atoms with Gasteiger partial charge in [0, 0.05) is 17.0 Å². The lowest BCUT2D eigenvalue weighted by Crippen LogP contribution is -2.19. The average molecular weight is 400 g/mol. The Bertz CT molecular complexity index is 680. The first-order valence-electron chi connectivity index (χ1n) is 5.79. The Morgan fingerprint density at radius 1 is 1.05 bits per heavy atom. The maximum absolute atomic E-state index is 12.1.